The van der Waals surface area contributed by atoms with Gasteiger partial charge in [0.25, 0.3) is 0 Å². The number of aryl methyl sites for hydroxylation is 1. The second-order valence-corrected chi connectivity index (χ2v) is 3.79. The van der Waals surface area contributed by atoms with E-state index in [1.54, 1.807) is 19.1 Å². The Kier molecular flexibility index (Phi) is 3.70. The number of hydrogen-bond acceptors (Lipinski definition) is 5. The molecule has 0 fully saturated rings. The van der Waals surface area contributed by atoms with Gasteiger partial charge in [-0.05, 0) is 19.1 Å². The summed E-state index contributed by atoms with van der Waals surface area (Å²) in [5.74, 6) is 0.0958. The molecule has 2 aromatic rings. The second kappa shape index (κ2) is 5.43. The highest BCUT2D eigenvalue weighted by atomic mass is 16.5. The number of nitrogens with zero attached hydrogens (tertiary/aromatic N) is 1. The smallest absolute Gasteiger partial charge is 0.339 e. The molecule has 0 amide bonds. The number of oxazole rings is 1. The van der Waals surface area contributed by atoms with Gasteiger partial charge in [-0.25, -0.2) is 9.78 Å². The van der Waals surface area contributed by atoms with Crippen LogP contribution in [0.3, 0.4) is 0 Å². The number of rotatable bonds is 5. The molecule has 6 heteroatoms. The minimum absolute atomic E-state index is 0.0421. The Balaban J connectivity index is 2.28. The summed E-state index contributed by atoms with van der Waals surface area (Å²) in [7, 11) is 1.45. The normalized spacial score (nSPS) is 10.2. The molecule has 19 heavy (non-hydrogen) atoms. The quantitative estimate of drug-likeness (QED) is 0.891. The van der Waals surface area contributed by atoms with Crippen LogP contribution in [-0.2, 0) is 6.61 Å². The van der Waals surface area contributed by atoms with Crippen LogP contribution in [0.15, 0.2) is 29.0 Å². The number of ether oxygens (including phenoxy) is 2. The largest absolute Gasteiger partial charge is 0.493 e. The first-order valence-corrected chi connectivity index (χ1v) is 5.55. The Bertz CT molecular complexity index is 590. The average molecular weight is 263 g/mol. The summed E-state index contributed by atoms with van der Waals surface area (Å²) in [6.07, 6.45) is 1.31. The number of carboxylic acid groups (broad SMARTS) is 1. The Morgan fingerprint density at radius 1 is 1.47 bits per heavy atom. The minimum atomic E-state index is -1.08. The van der Waals surface area contributed by atoms with Gasteiger partial charge < -0.3 is 19.0 Å². The number of methoxy groups -OCH3 is 1. The number of aromatic carboxylic acids is 1. The van der Waals surface area contributed by atoms with Gasteiger partial charge in [0.2, 0.25) is 0 Å². The maximum Gasteiger partial charge on any atom is 0.339 e. The van der Waals surface area contributed by atoms with Crippen molar-refractivity contribution in [1.29, 1.82) is 0 Å². The molecule has 0 radical (unpaired) electrons. The van der Waals surface area contributed by atoms with E-state index in [9.17, 15) is 4.79 Å². The van der Waals surface area contributed by atoms with Crippen molar-refractivity contribution >= 4 is 5.97 Å². The maximum absolute atomic E-state index is 11.1. The van der Waals surface area contributed by atoms with Crippen molar-refractivity contribution in [3.05, 3.63) is 41.6 Å². The molecule has 100 valence electrons. The van der Waals surface area contributed by atoms with E-state index in [1.165, 1.54) is 19.6 Å². The van der Waals surface area contributed by atoms with Crippen molar-refractivity contribution in [3.8, 4) is 11.5 Å². The summed E-state index contributed by atoms with van der Waals surface area (Å²) >= 11 is 0. The average Bonchev–Trinajstić information content (AvgIpc) is 2.81. The van der Waals surface area contributed by atoms with E-state index >= 15 is 0 Å². The number of para-hydroxylation sites is 1. The first kappa shape index (κ1) is 12.9. The fourth-order valence-electron chi connectivity index (χ4n) is 1.60. The summed E-state index contributed by atoms with van der Waals surface area (Å²) in [6.45, 7) is 1.87. The van der Waals surface area contributed by atoms with Gasteiger partial charge in [-0.15, -0.1) is 0 Å². The molecule has 2 rings (SSSR count). The maximum atomic E-state index is 11.1. The molecule has 1 aromatic heterocycles. The lowest BCUT2D eigenvalue weighted by Gasteiger charge is -2.12. The molecular weight excluding hydrogens is 250 g/mol. The van der Waals surface area contributed by atoms with Crippen molar-refractivity contribution < 1.29 is 23.8 Å². The van der Waals surface area contributed by atoms with Gasteiger partial charge in [0.15, 0.2) is 17.9 Å². The molecule has 0 aliphatic rings. The molecule has 1 heterocycles. The van der Waals surface area contributed by atoms with E-state index in [0.717, 1.165) is 0 Å². The molecule has 1 aromatic carbocycles. The van der Waals surface area contributed by atoms with Gasteiger partial charge in [0.05, 0.1) is 7.11 Å². The zero-order valence-corrected chi connectivity index (χ0v) is 10.5. The third-order valence-corrected chi connectivity index (χ3v) is 2.63. The summed E-state index contributed by atoms with van der Waals surface area (Å²) in [4.78, 5) is 15.1. The standard InChI is InChI=1S/C13H13NO5/c1-8-10(14-7-19-8)6-18-12-9(13(15)16)4-3-5-11(12)17-2/h3-5,7H,6H2,1-2H3,(H,15,16). The van der Waals surface area contributed by atoms with Crippen LogP contribution in [0, 0.1) is 6.92 Å². The van der Waals surface area contributed by atoms with Gasteiger partial charge in [0.1, 0.15) is 23.6 Å². The van der Waals surface area contributed by atoms with E-state index in [4.69, 9.17) is 19.0 Å². The van der Waals surface area contributed by atoms with Crippen LogP contribution in [-0.4, -0.2) is 23.2 Å². The van der Waals surface area contributed by atoms with Crippen molar-refractivity contribution in [1.82, 2.24) is 4.98 Å². The predicted molar refractivity (Wildman–Crippen MR) is 65.5 cm³/mol. The summed E-state index contributed by atoms with van der Waals surface area (Å²) < 4.78 is 15.7. The van der Waals surface area contributed by atoms with Crippen LogP contribution < -0.4 is 9.47 Å². The molecular formula is C13H13NO5. The fraction of sp³-hybridized carbons (Fsp3) is 0.231. The fourth-order valence-corrected chi connectivity index (χ4v) is 1.60. The molecule has 0 atom stereocenters. The van der Waals surface area contributed by atoms with Gasteiger partial charge in [-0.2, -0.15) is 0 Å². The van der Waals surface area contributed by atoms with Crippen LogP contribution >= 0.6 is 0 Å². The summed E-state index contributed by atoms with van der Waals surface area (Å²) in [5.41, 5.74) is 0.655. The van der Waals surface area contributed by atoms with E-state index in [2.05, 4.69) is 4.98 Å². The first-order chi connectivity index (χ1) is 9.13. The van der Waals surface area contributed by atoms with Crippen molar-refractivity contribution in [3.63, 3.8) is 0 Å². The van der Waals surface area contributed by atoms with Crippen molar-refractivity contribution in [2.24, 2.45) is 0 Å². The lowest BCUT2D eigenvalue weighted by molar-refractivity contribution is 0.0690. The Morgan fingerprint density at radius 3 is 2.84 bits per heavy atom. The second-order valence-electron chi connectivity index (χ2n) is 3.79. The molecule has 1 N–H and O–H groups in total. The highest BCUT2D eigenvalue weighted by Crippen LogP contribution is 2.31. The van der Waals surface area contributed by atoms with E-state index in [1.807, 2.05) is 0 Å². The summed E-state index contributed by atoms with van der Waals surface area (Å²) in [6, 6.07) is 4.68. The van der Waals surface area contributed by atoms with E-state index < -0.39 is 5.97 Å². The van der Waals surface area contributed by atoms with Crippen LogP contribution in [0.25, 0.3) is 0 Å². The summed E-state index contributed by atoms with van der Waals surface area (Å²) in [5, 5.41) is 9.13. The van der Waals surface area contributed by atoms with Crippen molar-refractivity contribution in [2.45, 2.75) is 13.5 Å². The third-order valence-electron chi connectivity index (χ3n) is 2.63. The minimum Gasteiger partial charge on any atom is -0.493 e. The molecule has 6 nitrogen and oxygen atoms in total. The highest BCUT2D eigenvalue weighted by Gasteiger charge is 2.17. The number of benzene rings is 1. The number of aromatic nitrogens is 1. The Hall–Kier alpha value is -2.50. The van der Waals surface area contributed by atoms with Crippen LogP contribution in [0.2, 0.25) is 0 Å². The monoisotopic (exact) mass is 263 g/mol. The Morgan fingerprint density at radius 2 is 2.26 bits per heavy atom. The highest BCUT2D eigenvalue weighted by molar-refractivity contribution is 5.92. The molecule has 0 aliphatic heterocycles. The topological polar surface area (TPSA) is 81.8 Å². The molecule has 0 saturated carbocycles. The van der Waals surface area contributed by atoms with Gasteiger partial charge in [-0.3, -0.25) is 0 Å². The van der Waals surface area contributed by atoms with Gasteiger partial charge >= 0.3 is 5.97 Å². The number of hydrogen-bond donors (Lipinski definition) is 1. The number of carbonyl (C=O) groups is 1. The molecule has 0 spiro atoms. The first-order valence-electron chi connectivity index (χ1n) is 5.55. The van der Waals surface area contributed by atoms with E-state index in [0.29, 0.717) is 17.2 Å². The molecule has 0 saturated heterocycles. The van der Waals surface area contributed by atoms with Crippen LogP contribution in [0.1, 0.15) is 21.8 Å². The molecule has 0 bridgehead atoms. The predicted octanol–water partition coefficient (Wildman–Crippen LogP) is 2.27. The number of carboxylic acids is 1. The van der Waals surface area contributed by atoms with Gasteiger partial charge in [-0.1, -0.05) is 6.07 Å². The van der Waals surface area contributed by atoms with Crippen LogP contribution in [0.4, 0.5) is 0 Å². The third kappa shape index (κ3) is 2.67. The zero-order chi connectivity index (χ0) is 13.8. The van der Waals surface area contributed by atoms with Crippen molar-refractivity contribution in [2.75, 3.05) is 7.11 Å². The zero-order valence-electron chi connectivity index (χ0n) is 10.5. The van der Waals surface area contributed by atoms with Gasteiger partial charge in [0, 0.05) is 0 Å². The van der Waals surface area contributed by atoms with Crippen LogP contribution in [0.5, 0.6) is 11.5 Å². The Labute approximate surface area is 109 Å². The lowest BCUT2D eigenvalue weighted by Crippen LogP contribution is -2.05. The molecule has 0 aliphatic carbocycles. The SMILES string of the molecule is COc1cccc(C(=O)O)c1OCc1ncoc1C. The molecule has 0 unspecified atom stereocenters. The lowest BCUT2D eigenvalue weighted by atomic mass is 10.2. The van der Waals surface area contributed by atoms with E-state index in [-0.39, 0.29) is 17.9 Å².